The molecule has 17 heavy (non-hydrogen) atoms. The van der Waals surface area contributed by atoms with E-state index in [0.29, 0.717) is 12.2 Å². The topological polar surface area (TPSA) is 72.2 Å². The van der Waals surface area contributed by atoms with Gasteiger partial charge >= 0.3 is 0 Å². The summed E-state index contributed by atoms with van der Waals surface area (Å²) in [6.07, 6.45) is 3.17. The van der Waals surface area contributed by atoms with Crippen LogP contribution < -0.4 is 11.3 Å². The zero-order valence-electron chi connectivity index (χ0n) is 9.63. The van der Waals surface area contributed by atoms with Crippen LogP contribution in [0.2, 0.25) is 0 Å². The average Bonchev–Trinajstić information content (AvgIpc) is 2.79. The Labute approximate surface area is 106 Å². The SMILES string of the molecule is NNC(Cc1ccsc1)C1CCCCS1(=O)=O. The Morgan fingerprint density at radius 2 is 2.35 bits per heavy atom. The van der Waals surface area contributed by atoms with Gasteiger partial charge < -0.3 is 0 Å². The molecule has 0 radical (unpaired) electrons. The predicted octanol–water partition coefficient (Wildman–Crippen LogP) is 1.09. The van der Waals surface area contributed by atoms with Crippen LogP contribution in [0.25, 0.3) is 0 Å². The summed E-state index contributed by atoms with van der Waals surface area (Å²) in [4.78, 5) is 0. The van der Waals surface area contributed by atoms with E-state index in [2.05, 4.69) is 5.43 Å². The number of hydrogen-bond acceptors (Lipinski definition) is 5. The molecule has 2 unspecified atom stereocenters. The molecule has 96 valence electrons. The van der Waals surface area contributed by atoms with Crippen molar-refractivity contribution >= 4 is 21.2 Å². The molecule has 0 spiro atoms. The normalized spacial score (nSPS) is 25.6. The zero-order valence-corrected chi connectivity index (χ0v) is 11.3. The first-order valence-corrected chi connectivity index (χ1v) is 8.48. The lowest BCUT2D eigenvalue weighted by Gasteiger charge is -2.29. The predicted molar refractivity (Wildman–Crippen MR) is 70.6 cm³/mol. The molecule has 0 aromatic carbocycles. The highest BCUT2D eigenvalue weighted by molar-refractivity contribution is 7.92. The van der Waals surface area contributed by atoms with Gasteiger partial charge in [0.25, 0.3) is 0 Å². The van der Waals surface area contributed by atoms with Crippen LogP contribution in [-0.4, -0.2) is 25.5 Å². The summed E-state index contributed by atoms with van der Waals surface area (Å²) >= 11 is 1.62. The maximum Gasteiger partial charge on any atom is 0.154 e. The fourth-order valence-electron chi connectivity index (χ4n) is 2.39. The van der Waals surface area contributed by atoms with E-state index in [1.165, 1.54) is 0 Å². The van der Waals surface area contributed by atoms with E-state index >= 15 is 0 Å². The van der Waals surface area contributed by atoms with E-state index in [1.807, 2.05) is 16.8 Å². The van der Waals surface area contributed by atoms with Gasteiger partial charge in [-0.25, -0.2) is 8.42 Å². The summed E-state index contributed by atoms with van der Waals surface area (Å²) in [6, 6.07) is 1.85. The molecule has 4 nitrogen and oxygen atoms in total. The molecule has 0 aliphatic carbocycles. The van der Waals surface area contributed by atoms with Crippen LogP contribution in [0.5, 0.6) is 0 Å². The number of sulfone groups is 1. The Bertz CT molecular complexity index is 442. The molecule has 1 aliphatic heterocycles. The summed E-state index contributed by atoms with van der Waals surface area (Å²) in [7, 11) is -2.98. The summed E-state index contributed by atoms with van der Waals surface area (Å²) in [5, 5.41) is 3.71. The van der Waals surface area contributed by atoms with Crippen molar-refractivity contribution in [2.24, 2.45) is 5.84 Å². The van der Waals surface area contributed by atoms with Gasteiger partial charge in [-0.1, -0.05) is 6.42 Å². The van der Waals surface area contributed by atoms with E-state index < -0.39 is 9.84 Å². The van der Waals surface area contributed by atoms with Crippen LogP contribution >= 0.6 is 11.3 Å². The minimum atomic E-state index is -2.98. The Kier molecular flexibility index (Phi) is 4.19. The molecule has 0 saturated carbocycles. The molecule has 0 bridgehead atoms. The fourth-order valence-corrected chi connectivity index (χ4v) is 5.18. The summed E-state index contributed by atoms with van der Waals surface area (Å²) in [6.45, 7) is 0. The summed E-state index contributed by atoms with van der Waals surface area (Å²) < 4.78 is 24.0. The first-order valence-electron chi connectivity index (χ1n) is 5.82. The number of hydrogen-bond donors (Lipinski definition) is 2. The molecule has 1 saturated heterocycles. The summed E-state index contributed by atoms with van der Waals surface area (Å²) in [5.41, 5.74) is 3.84. The molecule has 2 rings (SSSR count). The second-order valence-corrected chi connectivity index (χ2v) is 7.63. The maximum atomic E-state index is 12.0. The number of rotatable bonds is 4. The van der Waals surface area contributed by atoms with Crippen molar-refractivity contribution in [2.45, 2.75) is 37.0 Å². The third kappa shape index (κ3) is 3.07. The van der Waals surface area contributed by atoms with E-state index in [4.69, 9.17) is 5.84 Å². The zero-order chi connectivity index (χ0) is 12.3. The van der Waals surface area contributed by atoms with Crippen LogP contribution in [0.4, 0.5) is 0 Å². The molecular weight excluding hydrogens is 256 g/mol. The minimum absolute atomic E-state index is 0.171. The van der Waals surface area contributed by atoms with Crippen molar-refractivity contribution in [3.8, 4) is 0 Å². The van der Waals surface area contributed by atoms with Gasteiger partial charge in [-0.05, 0) is 41.7 Å². The summed E-state index contributed by atoms with van der Waals surface area (Å²) in [5.74, 6) is 5.84. The van der Waals surface area contributed by atoms with Gasteiger partial charge in [-0.3, -0.25) is 11.3 Å². The Balaban J connectivity index is 2.12. The van der Waals surface area contributed by atoms with Gasteiger partial charge in [0, 0.05) is 6.04 Å². The van der Waals surface area contributed by atoms with Gasteiger partial charge in [0.15, 0.2) is 9.84 Å². The van der Waals surface area contributed by atoms with Gasteiger partial charge in [0.1, 0.15) is 0 Å². The first kappa shape index (κ1) is 13.0. The average molecular weight is 274 g/mol. The highest BCUT2D eigenvalue weighted by atomic mass is 32.2. The third-order valence-electron chi connectivity index (χ3n) is 3.33. The molecule has 2 heterocycles. The lowest BCUT2D eigenvalue weighted by Crippen LogP contribution is -2.50. The lowest BCUT2D eigenvalue weighted by atomic mass is 10.0. The molecule has 1 aliphatic rings. The first-order chi connectivity index (χ1) is 8.13. The minimum Gasteiger partial charge on any atom is -0.271 e. The van der Waals surface area contributed by atoms with Gasteiger partial charge in [0.2, 0.25) is 0 Å². The second kappa shape index (κ2) is 5.48. The standard InChI is InChI=1S/C11H18N2O2S2/c12-13-10(7-9-4-5-16-8-9)11-3-1-2-6-17(11,14)15/h4-5,8,10-11,13H,1-3,6-7,12H2. The van der Waals surface area contributed by atoms with E-state index in [9.17, 15) is 8.42 Å². The molecule has 0 amide bonds. The Morgan fingerprint density at radius 1 is 1.53 bits per heavy atom. The molecule has 2 atom stereocenters. The van der Waals surface area contributed by atoms with Crippen LogP contribution in [-0.2, 0) is 16.3 Å². The largest absolute Gasteiger partial charge is 0.271 e. The molecule has 1 aromatic heterocycles. The van der Waals surface area contributed by atoms with Crippen molar-refractivity contribution in [2.75, 3.05) is 5.75 Å². The van der Waals surface area contributed by atoms with E-state index in [0.717, 1.165) is 24.8 Å². The molecular formula is C11H18N2O2S2. The van der Waals surface area contributed by atoms with Crippen LogP contribution in [0.3, 0.4) is 0 Å². The maximum absolute atomic E-state index is 12.0. The molecule has 1 fully saturated rings. The second-order valence-electron chi connectivity index (χ2n) is 4.51. The third-order valence-corrected chi connectivity index (χ3v) is 6.40. The van der Waals surface area contributed by atoms with Gasteiger partial charge in [0.05, 0.1) is 11.0 Å². The van der Waals surface area contributed by atoms with Gasteiger partial charge in [-0.2, -0.15) is 11.3 Å². The van der Waals surface area contributed by atoms with Crippen molar-refractivity contribution in [3.05, 3.63) is 22.4 Å². The van der Waals surface area contributed by atoms with Crippen molar-refractivity contribution in [1.29, 1.82) is 0 Å². The van der Waals surface area contributed by atoms with Crippen molar-refractivity contribution < 1.29 is 8.42 Å². The van der Waals surface area contributed by atoms with E-state index in [1.54, 1.807) is 11.3 Å². The highest BCUT2D eigenvalue weighted by Crippen LogP contribution is 2.24. The van der Waals surface area contributed by atoms with E-state index in [-0.39, 0.29) is 11.3 Å². The number of nitrogens with two attached hydrogens (primary N) is 1. The lowest BCUT2D eigenvalue weighted by molar-refractivity contribution is 0.441. The van der Waals surface area contributed by atoms with Gasteiger partial charge in [-0.15, -0.1) is 0 Å². The molecule has 6 heteroatoms. The fraction of sp³-hybridized carbons (Fsp3) is 0.636. The van der Waals surface area contributed by atoms with Crippen molar-refractivity contribution in [3.63, 3.8) is 0 Å². The number of hydrazine groups is 1. The monoisotopic (exact) mass is 274 g/mol. The highest BCUT2D eigenvalue weighted by Gasteiger charge is 2.35. The van der Waals surface area contributed by atoms with Crippen molar-refractivity contribution in [1.82, 2.24) is 5.43 Å². The quantitative estimate of drug-likeness (QED) is 0.637. The smallest absolute Gasteiger partial charge is 0.154 e. The molecule has 3 N–H and O–H groups in total. The Hall–Kier alpha value is -0.430. The molecule has 1 aromatic rings. The van der Waals surface area contributed by atoms with Crippen LogP contribution in [0.15, 0.2) is 16.8 Å². The Morgan fingerprint density at radius 3 is 2.94 bits per heavy atom. The number of thiophene rings is 1. The van der Waals surface area contributed by atoms with Crippen LogP contribution in [0.1, 0.15) is 24.8 Å². The number of nitrogens with one attached hydrogen (secondary N) is 1. The van der Waals surface area contributed by atoms with Crippen LogP contribution in [0, 0.1) is 0 Å².